The Morgan fingerprint density at radius 3 is 2.86 bits per heavy atom. The molecule has 4 heteroatoms. The van der Waals surface area contributed by atoms with E-state index in [1.54, 1.807) is 7.11 Å². The number of imidazole rings is 1. The number of hydrogen-bond donors (Lipinski definition) is 0. The van der Waals surface area contributed by atoms with E-state index in [2.05, 4.69) is 17.6 Å². The number of benzene rings is 1. The van der Waals surface area contributed by atoms with Crippen molar-refractivity contribution in [3.8, 4) is 5.75 Å². The Balaban J connectivity index is 2.15. The summed E-state index contributed by atoms with van der Waals surface area (Å²) in [6.45, 7) is 2.29. The first-order chi connectivity index (χ1) is 10.3. The highest BCUT2D eigenvalue weighted by Crippen LogP contribution is 2.40. The first-order valence-corrected chi connectivity index (χ1v) is 8.43. The molecule has 0 spiro atoms. The van der Waals surface area contributed by atoms with Crippen LogP contribution in [-0.2, 0) is 5.88 Å². The molecule has 3 nitrogen and oxygen atoms in total. The molecule has 2 unspecified atom stereocenters. The number of ether oxygens (including phenoxy) is 1. The molecule has 1 aromatic carbocycles. The lowest BCUT2D eigenvalue weighted by atomic mass is 9.82. The summed E-state index contributed by atoms with van der Waals surface area (Å²) >= 11 is 6.19. The molecule has 1 aliphatic carbocycles. The summed E-state index contributed by atoms with van der Waals surface area (Å²) in [5, 5.41) is 0. The van der Waals surface area contributed by atoms with Crippen molar-refractivity contribution in [1.29, 1.82) is 0 Å². The van der Waals surface area contributed by atoms with Crippen LogP contribution in [0, 0.1) is 5.92 Å². The second-order valence-electron chi connectivity index (χ2n) is 5.88. The third-order valence-corrected chi connectivity index (χ3v) is 5.06. The summed E-state index contributed by atoms with van der Waals surface area (Å²) in [7, 11) is 1.70. The number of fused-ring (bicyclic) bond motifs is 1. The average molecular weight is 307 g/mol. The van der Waals surface area contributed by atoms with Gasteiger partial charge in [0.2, 0.25) is 0 Å². The van der Waals surface area contributed by atoms with E-state index in [1.165, 1.54) is 32.1 Å². The van der Waals surface area contributed by atoms with Crippen molar-refractivity contribution >= 4 is 22.6 Å². The predicted octanol–water partition coefficient (Wildman–Crippen LogP) is 4.93. The molecule has 0 radical (unpaired) electrons. The van der Waals surface area contributed by atoms with Crippen molar-refractivity contribution in [1.82, 2.24) is 9.55 Å². The Kier molecular flexibility index (Phi) is 4.39. The predicted molar refractivity (Wildman–Crippen MR) is 87.1 cm³/mol. The van der Waals surface area contributed by atoms with Gasteiger partial charge in [0.1, 0.15) is 17.1 Å². The van der Waals surface area contributed by atoms with Gasteiger partial charge in [-0.15, -0.1) is 11.6 Å². The smallest absolute Gasteiger partial charge is 0.146 e. The van der Waals surface area contributed by atoms with Crippen LogP contribution < -0.4 is 4.74 Å². The zero-order valence-corrected chi connectivity index (χ0v) is 13.6. The molecular weight excluding hydrogens is 284 g/mol. The Labute approximate surface area is 131 Å². The minimum atomic E-state index is 0.449. The molecule has 1 aliphatic rings. The molecule has 21 heavy (non-hydrogen) atoms. The standard InChI is InChI=1S/C17H23ClN2O/c1-3-12-7-4-5-8-13(12)20-14-9-6-10-15(21-2)17(14)19-16(20)11-18/h6,9-10,12-13H,3-5,7-8,11H2,1-2H3. The van der Waals surface area contributed by atoms with Gasteiger partial charge in [0.25, 0.3) is 0 Å². The average Bonchev–Trinajstić information content (AvgIpc) is 2.93. The summed E-state index contributed by atoms with van der Waals surface area (Å²) in [6, 6.07) is 6.67. The number of alkyl halides is 1. The fraction of sp³-hybridized carbons (Fsp3) is 0.588. The van der Waals surface area contributed by atoms with Crippen molar-refractivity contribution in [3.05, 3.63) is 24.0 Å². The molecule has 114 valence electrons. The van der Waals surface area contributed by atoms with Gasteiger partial charge in [0.05, 0.1) is 18.5 Å². The van der Waals surface area contributed by atoms with Gasteiger partial charge in [-0.1, -0.05) is 32.3 Å². The topological polar surface area (TPSA) is 27.1 Å². The van der Waals surface area contributed by atoms with Crippen LogP contribution in [-0.4, -0.2) is 16.7 Å². The van der Waals surface area contributed by atoms with E-state index in [0.717, 1.165) is 28.5 Å². The Hall–Kier alpha value is -1.22. The van der Waals surface area contributed by atoms with E-state index in [1.807, 2.05) is 12.1 Å². The molecule has 2 aromatic rings. The summed E-state index contributed by atoms with van der Waals surface area (Å²) < 4.78 is 7.85. The van der Waals surface area contributed by atoms with Crippen LogP contribution in [0.5, 0.6) is 5.75 Å². The number of nitrogens with zero attached hydrogens (tertiary/aromatic N) is 2. The molecule has 0 N–H and O–H groups in total. The lowest BCUT2D eigenvalue weighted by Gasteiger charge is -2.33. The second-order valence-corrected chi connectivity index (χ2v) is 6.15. The SMILES string of the molecule is CCC1CCCCC1n1c(CCl)nc2c(OC)cccc21. The third kappa shape index (κ3) is 2.52. The van der Waals surface area contributed by atoms with Gasteiger partial charge in [0.15, 0.2) is 0 Å². The number of para-hydroxylation sites is 1. The molecule has 1 aromatic heterocycles. The molecule has 0 aliphatic heterocycles. The largest absolute Gasteiger partial charge is 0.494 e. The summed E-state index contributed by atoms with van der Waals surface area (Å²) in [5.74, 6) is 2.98. The molecule has 1 saturated carbocycles. The highest BCUT2D eigenvalue weighted by atomic mass is 35.5. The zero-order chi connectivity index (χ0) is 14.8. The van der Waals surface area contributed by atoms with Crippen molar-refractivity contribution in [2.75, 3.05) is 7.11 Å². The minimum Gasteiger partial charge on any atom is -0.494 e. The fourth-order valence-corrected chi connectivity index (χ4v) is 3.96. The highest BCUT2D eigenvalue weighted by molar-refractivity contribution is 6.16. The maximum absolute atomic E-state index is 6.19. The number of methoxy groups -OCH3 is 1. The number of halogens is 1. The van der Waals surface area contributed by atoms with E-state index in [-0.39, 0.29) is 0 Å². The minimum absolute atomic E-state index is 0.449. The van der Waals surface area contributed by atoms with E-state index in [9.17, 15) is 0 Å². The second kappa shape index (κ2) is 6.27. The van der Waals surface area contributed by atoms with Crippen molar-refractivity contribution in [3.63, 3.8) is 0 Å². The molecule has 0 bridgehead atoms. The normalized spacial score (nSPS) is 22.6. The van der Waals surface area contributed by atoms with Crippen LogP contribution in [0.3, 0.4) is 0 Å². The molecule has 0 saturated heterocycles. The van der Waals surface area contributed by atoms with Gasteiger partial charge in [-0.05, 0) is 30.9 Å². The lowest BCUT2D eigenvalue weighted by molar-refractivity contribution is 0.234. The van der Waals surface area contributed by atoms with Gasteiger partial charge in [-0.3, -0.25) is 0 Å². The van der Waals surface area contributed by atoms with Gasteiger partial charge < -0.3 is 9.30 Å². The molecule has 1 heterocycles. The molecule has 1 fully saturated rings. The van der Waals surface area contributed by atoms with E-state index in [4.69, 9.17) is 21.3 Å². The van der Waals surface area contributed by atoms with Crippen molar-refractivity contribution in [2.45, 2.75) is 50.9 Å². The fourth-order valence-electron chi connectivity index (χ4n) is 3.77. The van der Waals surface area contributed by atoms with Crippen molar-refractivity contribution < 1.29 is 4.74 Å². The van der Waals surface area contributed by atoms with E-state index in [0.29, 0.717) is 11.9 Å². The number of aromatic nitrogens is 2. The Morgan fingerprint density at radius 1 is 1.33 bits per heavy atom. The van der Waals surface area contributed by atoms with E-state index < -0.39 is 0 Å². The molecule has 2 atom stereocenters. The zero-order valence-electron chi connectivity index (χ0n) is 12.8. The quantitative estimate of drug-likeness (QED) is 0.749. The van der Waals surface area contributed by atoms with Crippen LogP contribution in [0.4, 0.5) is 0 Å². The van der Waals surface area contributed by atoms with Gasteiger partial charge in [-0.2, -0.15) is 0 Å². The molecular formula is C17H23ClN2O. The number of hydrogen-bond acceptors (Lipinski definition) is 2. The summed E-state index contributed by atoms with van der Waals surface area (Å²) in [6.07, 6.45) is 6.40. The van der Waals surface area contributed by atoms with Crippen LogP contribution in [0.25, 0.3) is 11.0 Å². The summed E-state index contributed by atoms with van der Waals surface area (Å²) in [5.41, 5.74) is 2.10. The van der Waals surface area contributed by atoms with E-state index >= 15 is 0 Å². The van der Waals surface area contributed by atoms with Crippen LogP contribution in [0.15, 0.2) is 18.2 Å². The first-order valence-electron chi connectivity index (χ1n) is 7.90. The lowest BCUT2D eigenvalue weighted by Crippen LogP contribution is -2.24. The van der Waals surface area contributed by atoms with Crippen LogP contribution in [0.2, 0.25) is 0 Å². The van der Waals surface area contributed by atoms with Gasteiger partial charge in [-0.25, -0.2) is 4.98 Å². The van der Waals surface area contributed by atoms with Crippen LogP contribution in [0.1, 0.15) is 50.9 Å². The Bertz CT molecular complexity index is 623. The van der Waals surface area contributed by atoms with Crippen LogP contribution >= 0.6 is 11.6 Å². The maximum Gasteiger partial charge on any atom is 0.146 e. The van der Waals surface area contributed by atoms with Gasteiger partial charge in [0, 0.05) is 6.04 Å². The highest BCUT2D eigenvalue weighted by Gasteiger charge is 2.28. The summed E-state index contributed by atoms with van der Waals surface area (Å²) in [4.78, 5) is 4.75. The first kappa shape index (κ1) is 14.7. The number of rotatable bonds is 4. The Morgan fingerprint density at radius 2 is 2.14 bits per heavy atom. The molecule has 3 rings (SSSR count). The maximum atomic E-state index is 6.19. The van der Waals surface area contributed by atoms with Gasteiger partial charge >= 0.3 is 0 Å². The third-order valence-electron chi connectivity index (χ3n) is 4.82. The monoisotopic (exact) mass is 306 g/mol. The van der Waals surface area contributed by atoms with Crippen molar-refractivity contribution in [2.24, 2.45) is 5.92 Å². The molecule has 0 amide bonds.